The maximum absolute atomic E-state index is 12.7. The molecule has 35 heavy (non-hydrogen) atoms. The number of hydrogen-bond donors (Lipinski definition) is 4. The van der Waals surface area contributed by atoms with Gasteiger partial charge in [-0.2, -0.15) is 0 Å². The summed E-state index contributed by atoms with van der Waals surface area (Å²) >= 11 is 0. The Balaban J connectivity index is 1.46. The van der Waals surface area contributed by atoms with Crippen molar-refractivity contribution < 1.29 is 43.8 Å². The van der Waals surface area contributed by atoms with Crippen LogP contribution in [0.15, 0.2) is 51.7 Å². The summed E-state index contributed by atoms with van der Waals surface area (Å²) in [5.74, 6) is 0.120. The van der Waals surface area contributed by atoms with E-state index in [1.54, 1.807) is 12.1 Å². The average Bonchev–Trinajstić information content (AvgIpc) is 3.34. The lowest BCUT2D eigenvalue weighted by Gasteiger charge is -2.39. The molecule has 3 aromatic rings. The highest BCUT2D eigenvalue weighted by molar-refractivity contribution is 5.86. The fourth-order valence-electron chi connectivity index (χ4n) is 4.30. The molecule has 2 aromatic carbocycles. The number of phenols is 2. The SMILES string of the molecule is O=c1cc(-c2ccc(O)cc2)oc2cc(OC3OC(CO)C(O)CC3OC3CCCO3)cc(O)c12. The van der Waals surface area contributed by atoms with Crippen molar-refractivity contribution in [2.45, 2.75) is 50.2 Å². The number of aliphatic hydroxyl groups is 2. The standard InChI is InChI=1S/C25H26O10/c26-12-22-16(28)10-21(34-23-2-1-7-31-23)25(35-22)32-15-8-17(29)24-18(30)11-19(33-20(24)9-15)13-3-5-14(27)6-4-13/h3-6,8-9,11,16,21-23,25-29H,1-2,7,10,12H2. The number of rotatable bonds is 6. The van der Waals surface area contributed by atoms with Gasteiger partial charge in [0.1, 0.15) is 46.2 Å². The van der Waals surface area contributed by atoms with E-state index < -0.39 is 42.9 Å². The van der Waals surface area contributed by atoms with E-state index in [9.17, 15) is 25.2 Å². The Morgan fingerprint density at radius 1 is 1.09 bits per heavy atom. The van der Waals surface area contributed by atoms with Crippen LogP contribution in [0.4, 0.5) is 0 Å². The van der Waals surface area contributed by atoms with E-state index >= 15 is 0 Å². The second-order valence-electron chi connectivity index (χ2n) is 8.60. The van der Waals surface area contributed by atoms with Crippen LogP contribution in [0.1, 0.15) is 19.3 Å². The maximum Gasteiger partial charge on any atom is 0.227 e. The Kier molecular flexibility index (Phi) is 6.63. The normalized spacial score (nSPS) is 26.7. The molecule has 5 rings (SSSR count). The molecule has 2 aliphatic rings. The van der Waals surface area contributed by atoms with E-state index in [0.29, 0.717) is 18.6 Å². The monoisotopic (exact) mass is 486 g/mol. The van der Waals surface area contributed by atoms with Crippen molar-refractivity contribution in [3.8, 4) is 28.6 Å². The summed E-state index contributed by atoms with van der Waals surface area (Å²) in [5.41, 5.74) is 0.199. The highest BCUT2D eigenvalue weighted by Gasteiger charge is 2.41. The number of benzene rings is 2. The first-order chi connectivity index (χ1) is 16.9. The third-order valence-electron chi connectivity index (χ3n) is 6.10. The summed E-state index contributed by atoms with van der Waals surface area (Å²) in [6.07, 6.45) is -2.32. The summed E-state index contributed by atoms with van der Waals surface area (Å²) in [6, 6.07) is 10.1. The van der Waals surface area contributed by atoms with Crippen LogP contribution in [-0.2, 0) is 14.2 Å². The first-order valence-corrected chi connectivity index (χ1v) is 11.4. The van der Waals surface area contributed by atoms with Gasteiger partial charge in [0.15, 0.2) is 11.7 Å². The molecule has 0 amide bonds. The molecule has 2 aliphatic heterocycles. The third kappa shape index (κ3) is 4.97. The van der Waals surface area contributed by atoms with Crippen LogP contribution < -0.4 is 10.2 Å². The van der Waals surface area contributed by atoms with Gasteiger partial charge in [-0.25, -0.2) is 0 Å². The van der Waals surface area contributed by atoms with Gasteiger partial charge < -0.3 is 43.8 Å². The van der Waals surface area contributed by atoms with Gasteiger partial charge in [-0.3, -0.25) is 4.79 Å². The smallest absolute Gasteiger partial charge is 0.227 e. The van der Waals surface area contributed by atoms with E-state index in [1.807, 2.05) is 0 Å². The van der Waals surface area contributed by atoms with Crippen molar-refractivity contribution in [1.82, 2.24) is 0 Å². The first-order valence-electron chi connectivity index (χ1n) is 11.4. The van der Waals surface area contributed by atoms with Crippen molar-refractivity contribution in [3.05, 3.63) is 52.7 Å². The van der Waals surface area contributed by atoms with Crippen molar-refractivity contribution in [2.75, 3.05) is 13.2 Å². The maximum atomic E-state index is 12.7. The van der Waals surface area contributed by atoms with Gasteiger partial charge in [0.2, 0.25) is 6.29 Å². The zero-order valence-corrected chi connectivity index (χ0v) is 18.7. The predicted octanol–water partition coefficient (Wildman–Crippen LogP) is 2.24. The zero-order valence-electron chi connectivity index (χ0n) is 18.7. The first kappa shape index (κ1) is 23.6. The molecule has 0 radical (unpaired) electrons. The molecule has 5 unspecified atom stereocenters. The number of phenolic OH excluding ortho intramolecular Hbond substituents is 2. The summed E-state index contributed by atoms with van der Waals surface area (Å²) in [4.78, 5) is 12.7. The fraction of sp³-hybridized carbons (Fsp3) is 0.400. The second kappa shape index (κ2) is 9.84. The van der Waals surface area contributed by atoms with E-state index in [2.05, 4.69) is 0 Å². The highest BCUT2D eigenvalue weighted by atomic mass is 16.7. The minimum Gasteiger partial charge on any atom is -0.508 e. The quantitative estimate of drug-likeness (QED) is 0.409. The zero-order chi connectivity index (χ0) is 24.5. The van der Waals surface area contributed by atoms with Crippen LogP contribution in [0, 0.1) is 0 Å². The molecule has 186 valence electrons. The molecule has 4 N–H and O–H groups in total. The molecule has 0 bridgehead atoms. The molecule has 10 nitrogen and oxygen atoms in total. The lowest BCUT2D eigenvalue weighted by Crippen LogP contribution is -2.52. The summed E-state index contributed by atoms with van der Waals surface area (Å²) in [5, 5.41) is 39.9. The molecule has 0 spiro atoms. The Labute approximate surface area is 199 Å². The van der Waals surface area contributed by atoms with Gasteiger partial charge in [-0.05, 0) is 30.7 Å². The Hall–Kier alpha value is -3.15. The largest absolute Gasteiger partial charge is 0.508 e. The molecule has 0 saturated carbocycles. The highest BCUT2D eigenvalue weighted by Crippen LogP contribution is 2.34. The van der Waals surface area contributed by atoms with Crippen molar-refractivity contribution in [3.63, 3.8) is 0 Å². The Morgan fingerprint density at radius 3 is 2.60 bits per heavy atom. The van der Waals surface area contributed by atoms with Gasteiger partial charge >= 0.3 is 0 Å². The number of aromatic hydroxyl groups is 2. The van der Waals surface area contributed by atoms with Gasteiger partial charge in [-0.1, -0.05) is 0 Å². The lowest BCUT2D eigenvalue weighted by molar-refractivity contribution is -0.279. The van der Waals surface area contributed by atoms with Gasteiger partial charge in [0, 0.05) is 43.2 Å². The van der Waals surface area contributed by atoms with Gasteiger partial charge in [-0.15, -0.1) is 0 Å². The minimum absolute atomic E-state index is 0.0137. The molecule has 2 fully saturated rings. The van der Waals surface area contributed by atoms with E-state index in [4.69, 9.17) is 23.4 Å². The lowest BCUT2D eigenvalue weighted by atomic mass is 10.0. The molecule has 10 heteroatoms. The second-order valence-corrected chi connectivity index (χ2v) is 8.60. The minimum atomic E-state index is -1.02. The van der Waals surface area contributed by atoms with Crippen molar-refractivity contribution >= 4 is 11.0 Å². The van der Waals surface area contributed by atoms with Gasteiger partial charge in [0.05, 0.1) is 12.7 Å². The molecule has 2 saturated heterocycles. The van der Waals surface area contributed by atoms with Gasteiger partial charge in [0.25, 0.3) is 0 Å². The van der Waals surface area contributed by atoms with E-state index in [0.717, 1.165) is 6.42 Å². The van der Waals surface area contributed by atoms with E-state index in [-0.39, 0.29) is 40.4 Å². The average molecular weight is 486 g/mol. The Morgan fingerprint density at radius 2 is 1.89 bits per heavy atom. The molecular formula is C25H26O10. The Bertz CT molecular complexity index is 1230. The van der Waals surface area contributed by atoms with Crippen molar-refractivity contribution in [2.24, 2.45) is 0 Å². The number of hydrogen-bond acceptors (Lipinski definition) is 10. The van der Waals surface area contributed by atoms with E-state index in [1.165, 1.54) is 30.3 Å². The van der Waals surface area contributed by atoms with Crippen LogP contribution in [0.25, 0.3) is 22.3 Å². The summed E-state index contributed by atoms with van der Waals surface area (Å²) in [7, 11) is 0. The number of ether oxygens (including phenoxy) is 4. The topological polar surface area (TPSA) is 148 Å². The van der Waals surface area contributed by atoms with Crippen LogP contribution in [0.3, 0.4) is 0 Å². The molecule has 1 aromatic heterocycles. The fourth-order valence-corrected chi connectivity index (χ4v) is 4.30. The van der Waals surface area contributed by atoms with Crippen LogP contribution >= 0.6 is 0 Å². The summed E-state index contributed by atoms with van der Waals surface area (Å²) in [6.45, 7) is 0.161. The molecule has 3 heterocycles. The predicted molar refractivity (Wildman–Crippen MR) is 122 cm³/mol. The van der Waals surface area contributed by atoms with Crippen LogP contribution in [0.2, 0.25) is 0 Å². The number of aliphatic hydroxyl groups excluding tert-OH is 2. The summed E-state index contributed by atoms with van der Waals surface area (Å²) < 4.78 is 29.1. The molecule has 5 atom stereocenters. The van der Waals surface area contributed by atoms with Crippen LogP contribution in [0.5, 0.6) is 17.2 Å². The van der Waals surface area contributed by atoms with Crippen molar-refractivity contribution in [1.29, 1.82) is 0 Å². The molecular weight excluding hydrogens is 460 g/mol. The molecule has 0 aliphatic carbocycles. The van der Waals surface area contributed by atoms with Crippen LogP contribution in [-0.4, -0.2) is 64.5 Å². The third-order valence-corrected chi connectivity index (χ3v) is 6.10. The number of fused-ring (bicyclic) bond motifs is 1.